The normalized spacial score (nSPS) is 10.3. The average molecular weight is 306 g/mol. The maximum atomic E-state index is 4.49. The summed E-state index contributed by atoms with van der Waals surface area (Å²) in [5, 5.41) is 6.51. The Bertz CT molecular complexity index is 684. The SMILES string of the molecule is Cc1cc(NCc2ccccn2)nc(NCc2ccncc2)n1. The molecule has 6 heteroatoms. The Kier molecular flexibility index (Phi) is 4.73. The molecule has 6 nitrogen and oxygen atoms in total. The minimum Gasteiger partial charge on any atom is -0.364 e. The average Bonchev–Trinajstić information content (AvgIpc) is 2.60. The van der Waals surface area contributed by atoms with Crippen LogP contribution < -0.4 is 10.6 Å². The van der Waals surface area contributed by atoms with Gasteiger partial charge < -0.3 is 10.6 Å². The van der Waals surface area contributed by atoms with Gasteiger partial charge in [0.1, 0.15) is 5.82 Å². The molecule has 0 unspecified atom stereocenters. The maximum Gasteiger partial charge on any atom is 0.225 e. The lowest BCUT2D eigenvalue weighted by molar-refractivity contribution is 0.992. The Morgan fingerprint density at radius 3 is 2.57 bits per heavy atom. The summed E-state index contributed by atoms with van der Waals surface area (Å²) in [5.41, 5.74) is 3.00. The van der Waals surface area contributed by atoms with Crippen LogP contribution in [0.15, 0.2) is 55.0 Å². The summed E-state index contributed by atoms with van der Waals surface area (Å²) in [6, 6.07) is 11.7. The highest BCUT2D eigenvalue weighted by Gasteiger charge is 2.03. The fourth-order valence-electron chi connectivity index (χ4n) is 2.10. The highest BCUT2D eigenvalue weighted by atomic mass is 15.1. The van der Waals surface area contributed by atoms with Crippen molar-refractivity contribution in [3.63, 3.8) is 0 Å². The van der Waals surface area contributed by atoms with E-state index in [4.69, 9.17) is 0 Å². The van der Waals surface area contributed by atoms with Gasteiger partial charge in [-0.3, -0.25) is 9.97 Å². The van der Waals surface area contributed by atoms with Gasteiger partial charge in [-0.1, -0.05) is 6.07 Å². The van der Waals surface area contributed by atoms with Crippen LogP contribution in [0.5, 0.6) is 0 Å². The molecule has 3 rings (SSSR count). The van der Waals surface area contributed by atoms with Gasteiger partial charge in [-0.2, -0.15) is 4.98 Å². The molecule has 0 aromatic carbocycles. The molecule has 0 aliphatic heterocycles. The molecule has 0 fully saturated rings. The third-order valence-electron chi connectivity index (χ3n) is 3.23. The van der Waals surface area contributed by atoms with E-state index in [2.05, 4.69) is 30.6 Å². The second kappa shape index (κ2) is 7.31. The summed E-state index contributed by atoms with van der Waals surface area (Å²) in [7, 11) is 0. The topological polar surface area (TPSA) is 75.6 Å². The van der Waals surface area contributed by atoms with Crippen molar-refractivity contribution in [2.45, 2.75) is 20.0 Å². The lowest BCUT2D eigenvalue weighted by Gasteiger charge is -2.10. The van der Waals surface area contributed by atoms with Crippen LogP contribution in [0, 0.1) is 6.92 Å². The molecule has 0 amide bonds. The van der Waals surface area contributed by atoms with Gasteiger partial charge in [-0.15, -0.1) is 0 Å². The number of hydrogen-bond acceptors (Lipinski definition) is 6. The van der Waals surface area contributed by atoms with E-state index < -0.39 is 0 Å². The van der Waals surface area contributed by atoms with Crippen LogP contribution in [0.2, 0.25) is 0 Å². The molecule has 23 heavy (non-hydrogen) atoms. The van der Waals surface area contributed by atoms with E-state index in [1.165, 1.54) is 0 Å². The minimum atomic E-state index is 0.602. The van der Waals surface area contributed by atoms with E-state index in [1.54, 1.807) is 18.6 Å². The molecule has 0 radical (unpaired) electrons. The van der Waals surface area contributed by atoms with Gasteiger partial charge in [-0.05, 0) is 36.8 Å². The second-order valence-corrected chi connectivity index (χ2v) is 5.10. The first-order valence-electron chi connectivity index (χ1n) is 7.42. The van der Waals surface area contributed by atoms with Crippen molar-refractivity contribution in [1.82, 2.24) is 19.9 Å². The number of nitrogens with zero attached hydrogens (tertiary/aromatic N) is 4. The number of rotatable bonds is 6. The van der Waals surface area contributed by atoms with Crippen molar-refractivity contribution in [2.75, 3.05) is 10.6 Å². The highest BCUT2D eigenvalue weighted by molar-refractivity contribution is 5.42. The monoisotopic (exact) mass is 306 g/mol. The first kappa shape index (κ1) is 14.9. The first-order chi connectivity index (χ1) is 11.3. The van der Waals surface area contributed by atoms with E-state index in [9.17, 15) is 0 Å². The highest BCUT2D eigenvalue weighted by Crippen LogP contribution is 2.11. The van der Waals surface area contributed by atoms with Crippen LogP contribution in [-0.4, -0.2) is 19.9 Å². The summed E-state index contributed by atoms with van der Waals surface area (Å²) in [4.78, 5) is 17.2. The molecule has 3 heterocycles. The van der Waals surface area contributed by atoms with Crippen LogP contribution in [0.1, 0.15) is 17.0 Å². The van der Waals surface area contributed by atoms with Gasteiger partial charge in [0.2, 0.25) is 5.95 Å². The molecular formula is C17H18N6. The quantitative estimate of drug-likeness (QED) is 0.729. The lowest BCUT2D eigenvalue weighted by Crippen LogP contribution is -2.08. The van der Waals surface area contributed by atoms with Crippen molar-refractivity contribution in [3.8, 4) is 0 Å². The Hall–Kier alpha value is -3.02. The summed E-state index contributed by atoms with van der Waals surface area (Å²) < 4.78 is 0. The summed E-state index contributed by atoms with van der Waals surface area (Å²) in [6.45, 7) is 3.23. The number of nitrogens with one attached hydrogen (secondary N) is 2. The largest absolute Gasteiger partial charge is 0.364 e. The van der Waals surface area contributed by atoms with Gasteiger partial charge in [0, 0.05) is 36.9 Å². The Labute approximate surface area is 135 Å². The standard InChI is InChI=1S/C17H18N6/c1-13-10-16(20-12-15-4-2-3-7-19-15)23-17(22-13)21-11-14-5-8-18-9-6-14/h2-10H,11-12H2,1H3,(H2,20,21,22,23). The van der Waals surface area contributed by atoms with Crippen molar-refractivity contribution < 1.29 is 0 Å². The van der Waals surface area contributed by atoms with Gasteiger partial charge in [0.05, 0.1) is 12.2 Å². The predicted octanol–water partition coefficient (Wildman–Crippen LogP) is 2.80. The number of aryl methyl sites for hydroxylation is 1. The van der Waals surface area contributed by atoms with Gasteiger partial charge in [-0.25, -0.2) is 4.98 Å². The Balaban J connectivity index is 1.64. The maximum absolute atomic E-state index is 4.49. The number of anilines is 2. The fraction of sp³-hybridized carbons (Fsp3) is 0.176. The zero-order chi connectivity index (χ0) is 15.9. The molecule has 3 aromatic heterocycles. The van der Waals surface area contributed by atoms with Crippen LogP contribution in [0.4, 0.5) is 11.8 Å². The summed E-state index contributed by atoms with van der Waals surface area (Å²) in [6.07, 6.45) is 5.33. The molecule has 0 spiro atoms. The van der Waals surface area contributed by atoms with Crippen molar-refractivity contribution in [3.05, 3.63) is 71.9 Å². The molecular weight excluding hydrogens is 288 g/mol. The summed E-state index contributed by atoms with van der Waals surface area (Å²) in [5.74, 6) is 1.38. The summed E-state index contributed by atoms with van der Waals surface area (Å²) >= 11 is 0. The smallest absolute Gasteiger partial charge is 0.225 e. The van der Waals surface area contributed by atoms with Crippen LogP contribution in [0.25, 0.3) is 0 Å². The van der Waals surface area contributed by atoms with E-state index in [1.807, 2.05) is 43.3 Å². The van der Waals surface area contributed by atoms with Crippen molar-refractivity contribution in [2.24, 2.45) is 0 Å². The van der Waals surface area contributed by atoms with Crippen molar-refractivity contribution in [1.29, 1.82) is 0 Å². The fourth-order valence-corrected chi connectivity index (χ4v) is 2.10. The number of pyridine rings is 2. The van der Waals surface area contributed by atoms with Crippen LogP contribution >= 0.6 is 0 Å². The van der Waals surface area contributed by atoms with E-state index in [0.717, 1.165) is 22.8 Å². The third-order valence-corrected chi connectivity index (χ3v) is 3.23. The van der Waals surface area contributed by atoms with Crippen molar-refractivity contribution >= 4 is 11.8 Å². The third kappa shape index (κ3) is 4.47. The van der Waals surface area contributed by atoms with Gasteiger partial charge >= 0.3 is 0 Å². The zero-order valence-electron chi connectivity index (χ0n) is 12.9. The van der Waals surface area contributed by atoms with Crippen LogP contribution in [-0.2, 0) is 13.1 Å². The molecule has 0 aliphatic carbocycles. The molecule has 0 aliphatic rings. The molecule has 0 saturated carbocycles. The predicted molar refractivity (Wildman–Crippen MR) is 89.9 cm³/mol. The van der Waals surface area contributed by atoms with E-state index in [0.29, 0.717) is 19.0 Å². The Morgan fingerprint density at radius 2 is 1.78 bits per heavy atom. The molecule has 0 saturated heterocycles. The molecule has 116 valence electrons. The zero-order valence-corrected chi connectivity index (χ0v) is 12.9. The Morgan fingerprint density at radius 1 is 0.913 bits per heavy atom. The minimum absolute atomic E-state index is 0.602. The molecule has 0 atom stereocenters. The molecule has 2 N–H and O–H groups in total. The van der Waals surface area contributed by atoms with Gasteiger partial charge in [0.15, 0.2) is 0 Å². The van der Waals surface area contributed by atoms with Gasteiger partial charge in [0.25, 0.3) is 0 Å². The van der Waals surface area contributed by atoms with Crippen LogP contribution in [0.3, 0.4) is 0 Å². The molecule has 3 aromatic rings. The molecule has 0 bridgehead atoms. The first-order valence-corrected chi connectivity index (χ1v) is 7.42. The second-order valence-electron chi connectivity index (χ2n) is 5.10. The van der Waals surface area contributed by atoms with E-state index in [-0.39, 0.29) is 0 Å². The number of hydrogen-bond donors (Lipinski definition) is 2. The van der Waals surface area contributed by atoms with E-state index >= 15 is 0 Å². The lowest BCUT2D eigenvalue weighted by atomic mass is 10.3. The number of aromatic nitrogens is 4.